The highest BCUT2D eigenvalue weighted by Crippen LogP contribution is 2.26. The molecule has 1 saturated heterocycles. The molecule has 0 spiro atoms. The first-order valence-corrected chi connectivity index (χ1v) is 11.2. The van der Waals surface area contributed by atoms with Crippen LogP contribution in [0.5, 0.6) is 5.75 Å². The van der Waals surface area contributed by atoms with E-state index in [1.165, 1.54) is 0 Å². The number of halogens is 1. The quantitative estimate of drug-likeness (QED) is 0.712. The summed E-state index contributed by atoms with van der Waals surface area (Å²) in [6.45, 7) is 0.933. The summed E-state index contributed by atoms with van der Waals surface area (Å²) in [6.07, 6.45) is 1.94. The number of piperidine rings is 1. The van der Waals surface area contributed by atoms with E-state index in [4.69, 9.17) is 16.3 Å². The van der Waals surface area contributed by atoms with Gasteiger partial charge in [-0.2, -0.15) is 0 Å². The van der Waals surface area contributed by atoms with Gasteiger partial charge in [0.25, 0.3) is 0 Å². The molecule has 0 aliphatic carbocycles. The summed E-state index contributed by atoms with van der Waals surface area (Å²) in [4.78, 5) is 14.6. The molecule has 2 aromatic rings. The summed E-state index contributed by atoms with van der Waals surface area (Å²) >= 11 is 5.98. The molecule has 0 atom stereocenters. The number of carbonyl (C=O) groups is 1. The molecule has 1 aliphatic rings. The lowest BCUT2D eigenvalue weighted by molar-refractivity contribution is -0.132. The van der Waals surface area contributed by atoms with Crippen molar-refractivity contribution in [2.24, 2.45) is 0 Å². The number of nitrogens with zero attached hydrogens (tertiary/aromatic N) is 1. The number of sulfone groups is 1. The first-order chi connectivity index (χ1) is 13.4. The maximum absolute atomic E-state index is 12.8. The molecule has 0 radical (unpaired) electrons. The van der Waals surface area contributed by atoms with Gasteiger partial charge in [-0.05, 0) is 61.2 Å². The molecule has 0 unspecified atom stereocenters. The zero-order chi connectivity index (χ0) is 20.1. The molecule has 7 heteroatoms. The van der Waals surface area contributed by atoms with Gasteiger partial charge in [0, 0.05) is 24.5 Å². The SMILES string of the molecule is COc1ccc(S(=O)(=O)C2CCN(C(=O)CCc3cccc(Cl)c3)CC2)cc1. The van der Waals surface area contributed by atoms with Gasteiger partial charge in [-0.3, -0.25) is 4.79 Å². The van der Waals surface area contributed by atoms with Crippen LogP contribution >= 0.6 is 11.6 Å². The zero-order valence-corrected chi connectivity index (χ0v) is 17.4. The number of benzene rings is 2. The van der Waals surface area contributed by atoms with Crippen molar-refractivity contribution in [3.05, 3.63) is 59.1 Å². The number of likely N-dealkylation sites (tertiary alicyclic amines) is 1. The van der Waals surface area contributed by atoms with E-state index in [9.17, 15) is 13.2 Å². The topological polar surface area (TPSA) is 63.7 Å². The number of amides is 1. The van der Waals surface area contributed by atoms with Gasteiger partial charge in [-0.25, -0.2) is 8.42 Å². The Morgan fingerprint density at radius 2 is 1.82 bits per heavy atom. The Balaban J connectivity index is 1.55. The normalized spacial score (nSPS) is 15.4. The van der Waals surface area contributed by atoms with Gasteiger partial charge in [0.2, 0.25) is 5.91 Å². The summed E-state index contributed by atoms with van der Waals surface area (Å²) in [7, 11) is -1.86. The lowest BCUT2D eigenvalue weighted by atomic mass is 10.1. The molecule has 0 N–H and O–H groups in total. The van der Waals surface area contributed by atoms with E-state index in [1.807, 2.05) is 18.2 Å². The molecule has 150 valence electrons. The lowest BCUT2D eigenvalue weighted by Gasteiger charge is -2.32. The number of rotatable bonds is 6. The Labute approximate surface area is 171 Å². The summed E-state index contributed by atoms with van der Waals surface area (Å²) < 4.78 is 30.8. The fourth-order valence-electron chi connectivity index (χ4n) is 3.48. The van der Waals surface area contributed by atoms with Crippen LogP contribution in [-0.4, -0.2) is 44.7 Å². The van der Waals surface area contributed by atoms with Crippen LogP contribution < -0.4 is 4.74 Å². The van der Waals surface area contributed by atoms with E-state index >= 15 is 0 Å². The number of methoxy groups -OCH3 is 1. The second kappa shape index (κ2) is 8.97. The summed E-state index contributed by atoms with van der Waals surface area (Å²) in [5.74, 6) is 0.680. The molecule has 1 amide bonds. The lowest BCUT2D eigenvalue weighted by Crippen LogP contribution is -2.42. The van der Waals surface area contributed by atoms with Gasteiger partial charge in [0.1, 0.15) is 5.75 Å². The van der Waals surface area contributed by atoms with E-state index in [0.717, 1.165) is 5.56 Å². The molecule has 1 aliphatic heterocycles. The molecule has 5 nitrogen and oxygen atoms in total. The van der Waals surface area contributed by atoms with Gasteiger partial charge < -0.3 is 9.64 Å². The highest BCUT2D eigenvalue weighted by molar-refractivity contribution is 7.92. The van der Waals surface area contributed by atoms with Crippen molar-refractivity contribution in [1.82, 2.24) is 4.90 Å². The van der Waals surface area contributed by atoms with Crippen LogP contribution in [0.1, 0.15) is 24.8 Å². The summed E-state index contributed by atoms with van der Waals surface area (Å²) in [5.41, 5.74) is 1.03. The molecule has 0 aromatic heterocycles. The van der Waals surface area contributed by atoms with Gasteiger partial charge in [0.05, 0.1) is 17.3 Å². The Kier molecular flexibility index (Phi) is 6.62. The van der Waals surface area contributed by atoms with Crippen molar-refractivity contribution in [2.75, 3.05) is 20.2 Å². The van der Waals surface area contributed by atoms with Crippen molar-refractivity contribution in [2.45, 2.75) is 35.8 Å². The Morgan fingerprint density at radius 3 is 2.43 bits per heavy atom. The van der Waals surface area contributed by atoms with Gasteiger partial charge in [0.15, 0.2) is 9.84 Å². The zero-order valence-electron chi connectivity index (χ0n) is 15.8. The predicted molar refractivity (Wildman–Crippen MR) is 110 cm³/mol. The fraction of sp³-hybridized carbons (Fsp3) is 0.381. The standard InChI is InChI=1S/C21H24ClNO4S/c1-27-18-6-8-19(9-7-18)28(25,26)20-11-13-23(14-12-20)21(24)10-5-16-3-2-4-17(22)15-16/h2-4,6-9,15,20H,5,10-14H2,1H3. The van der Waals surface area contributed by atoms with Crippen molar-refractivity contribution in [1.29, 1.82) is 0 Å². The third kappa shape index (κ3) is 4.86. The largest absolute Gasteiger partial charge is 0.497 e. The van der Waals surface area contributed by atoms with E-state index in [-0.39, 0.29) is 5.91 Å². The third-order valence-electron chi connectivity index (χ3n) is 5.14. The van der Waals surface area contributed by atoms with Crippen molar-refractivity contribution in [3.8, 4) is 5.75 Å². The fourth-order valence-corrected chi connectivity index (χ4v) is 5.42. The Morgan fingerprint density at radius 1 is 1.14 bits per heavy atom. The smallest absolute Gasteiger partial charge is 0.222 e. The van der Waals surface area contributed by atoms with Crippen LogP contribution in [-0.2, 0) is 21.1 Å². The second-order valence-corrected chi connectivity index (χ2v) is 9.60. The van der Waals surface area contributed by atoms with Crippen molar-refractivity contribution in [3.63, 3.8) is 0 Å². The summed E-state index contributed by atoms with van der Waals surface area (Å²) in [6, 6.07) is 14.0. The van der Waals surface area contributed by atoms with Crippen molar-refractivity contribution >= 4 is 27.3 Å². The molecule has 3 rings (SSSR count). The highest BCUT2D eigenvalue weighted by atomic mass is 35.5. The number of carbonyl (C=O) groups excluding carboxylic acids is 1. The molecule has 0 saturated carbocycles. The van der Waals surface area contributed by atoms with E-state index in [1.54, 1.807) is 42.3 Å². The van der Waals surface area contributed by atoms with Gasteiger partial charge >= 0.3 is 0 Å². The van der Waals surface area contributed by atoms with Crippen LogP contribution in [0.25, 0.3) is 0 Å². The molecular formula is C21H24ClNO4S. The van der Waals surface area contributed by atoms with E-state index in [0.29, 0.717) is 54.4 Å². The van der Waals surface area contributed by atoms with Crippen LogP contribution in [0, 0.1) is 0 Å². The Bertz CT molecular complexity index is 920. The molecule has 2 aromatic carbocycles. The number of hydrogen-bond donors (Lipinski definition) is 0. The van der Waals surface area contributed by atoms with Gasteiger partial charge in [-0.15, -0.1) is 0 Å². The van der Waals surface area contributed by atoms with Crippen LogP contribution in [0.2, 0.25) is 5.02 Å². The van der Waals surface area contributed by atoms with Crippen LogP contribution in [0.15, 0.2) is 53.4 Å². The molecule has 0 bridgehead atoms. The van der Waals surface area contributed by atoms with Crippen LogP contribution in [0.4, 0.5) is 0 Å². The average molecular weight is 422 g/mol. The molecule has 1 fully saturated rings. The minimum atomic E-state index is -3.40. The average Bonchev–Trinajstić information content (AvgIpc) is 2.72. The third-order valence-corrected chi connectivity index (χ3v) is 7.65. The van der Waals surface area contributed by atoms with Gasteiger partial charge in [-0.1, -0.05) is 23.7 Å². The molecule has 1 heterocycles. The second-order valence-electron chi connectivity index (χ2n) is 6.93. The predicted octanol–water partition coefficient (Wildman–Crippen LogP) is 3.75. The maximum atomic E-state index is 12.8. The monoisotopic (exact) mass is 421 g/mol. The first-order valence-electron chi connectivity index (χ1n) is 9.30. The van der Waals surface area contributed by atoms with E-state index in [2.05, 4.69) is 0 Å². The number of aryl methyl sites for hydroxylation is 1. The molecular weight excluding hydrogens is 398 g/mol. The number of hydrogen-bond acceptors (Lipinski definition) is 4. The maximum Gasteiger partial charge on any atom is 0.222 e. The minimum Gasteiger partial charge on any atom is -0.497 e. The van der Waals surface area contributed by atoms with Crippen LogP contribution in [0.3, 0.4) is 0 Å². The Hall–Kier alpha value is -2.05. The van der Waals surface area contributed by atoms with E-state index < -0.39 is 15.1 Å². The minimum absolute atomic E-state index is 0.0558. The highest BCUT2D eigenvalue weighted by Gasteiger charge is 2.32. The number of ether oxygens (including phenoxy) is 1. The first kappa shape index (κ1) is 20.7. The summed E-state index contributed by atoms with van der Waals surface area (Å²) in [5, 5.41) is 0.201. The van der Waals surface area contributed by atoms with Crippen molar-refractivity contribution < 1.29 is 17.9 Å². The molecule has 28 heavy (non-hydrogen) atoms.